The fourth-order valence-corrected chi connectivity index (χ4v) is 2.40. The van der Waals surface area contributed by atoms with Crippen LogP contribution in [0.5, 0.6) is 0 Å². The number of halogens is 3. The van der Waals surface area contributed by atoms with Gasteiger partial charge in [0.05, 0.1) is 22.5 Å². The van der Waals surface area contributed by atoms with Crippen LogP contribution in [0.2, 0.25) is 0 Å². The monoisotopic (exact) mass is 338 g/mol. The first-order valence-electron chi connectivity index (χ1n) is 7.57. The molecule has 2 aromatic rings. The molecular formula is C16H18BF3N2O2. The Morgan fingerprint density at radius 2 is 1.71 bits per heavy atom. The first-order valence-corrected chi connectivity index (χ1v) is 7.57. The van der Waals surface area contributed by atoms with Crippen molar-refractivity contribution in [3.63, 3.8) is 0 Å². The van der Waals surface area contributed by atoms with Crippen molar-refractivity contribution in [2.45, 2.75) is 45.1 Å². The second-order valence-corrected chi connectivity index (χ2v) is 6.85. The summed E-state index contributed by atoms with van der Waals surface area (Å²) in [7, 11) is -0.602. The average molecular weight is 338 g/mol. The van der Waals surface area contributed by atoms with E-state index in [0.717, 1.165) is 12.1 Å². The van der Waals surface area contributed by atoms with E-state index in [1.54, 1.807) is 18.5 Å². The van der Waals surface area contributed by atoms with Crippen LogP contribution < -0.4 is 5.46 Å². The van der Waals surface area contributed by atoms with E-state index in [-0.39, 0.29) is 0 Å². The minimum Gasteiger partial charge on any atom is -0.399 e. The molecule has 0 unspecified atom stereocenters. The van der Waals surface area contributed by atoms with E-state index in [0.29, 0.717) is 11.2 Å². The fourth-order valence-electron chi connectivity index (χ4n) is 2.40. The Hall–Kier alpha value is -1.80. The lowest BCUT2D eigenvalue weighted by atomic mass is 9.82. The zero-order valence-electron chi connectivity index (χ0n) is 13.9. The third-order valence-electron chi connectivity index (χ3n) is 4.57. The van der Waals surface area contributed by atoms with Crippen LogP contribution in [-0.4, -0.2) is 28.1 Å². The van der Waals surface area contributed by atoms with E-state index in [1.807, 2.05) is 27.7 Å². The van der Waals surface area contributed by atoms with Gasteiger partial charge in [-0.25, -0.2) is 4.68 Å². The van der Waals surface area contributed by atoms with Crippen LogP contribution in [0, 0.1) is 0 Å². The van der Waals surface area contributed by atoms with Gasteiger partial charge < -0.3 is 9.31 Å². The molecule has 0 aliphatic carbocycles. The lowest BCUT2D eigenvalue weighted by Gasteiger charge is -2.32. The van der Waals surface area contributed by atoms with Crippen molar-refractivity contribution in [1.82, 2.24) is 9.78 Å². The molecule has 0 bridgehead atoms. The SMILES string of the molecule is CC1(C)OB(c2cnn(-c3cccc(C(F)(F)F)c3)c2)OC1(C)C. The summed E-state index contributed by atoms with van der Waals surface area (Å²) in [5, 5.41) is 4.14. The predicted octanol–water partition coefficient (Wildman–Crippen LogP) is 3.19. The molecule has 0 amide bonds. The molecule has 0 N–H and O–H groups in total. The van der Waals surface area contributed by atoms with Gasteiger partial charge in [-0.2, -0.15) is 18.3 Å². The average Bonchev–Trinajstić information content (AvgIpc) is 3.02. The van der Waals surface area contributed by atoms with Crippen molar-refractivity contribution in [2.75, 3.05) is 0 Å². The van der Waals surface area contributed by atoms with E-state index in [4.69, 9.17) is 9.31 Å². The maximum atomic E-state index is 12.8. The lowest BCUT2D eigenvalue weighted by molar-refractivity contribution is -0.137. The summed E-state index contributed by atoms with van der Waals surface area (Å²) in [6.45, 7) is 7.74. The van der Waals surface area contributed by atoms with Gasteiger partial charge in [0.15, 0.2) is 0 Å². The van der Waals surface area contributed by atoms with Crippen LogP contribution in [-0.2, 0) is 15.5 Å². The highest BCUT2D eigenvalue weighted by Crippen LogP contribution is 2.36. The number of nitrogens with zero attached hydrogens (tertiary/aromatic N) is 2. The minimum absolute atomic E-state index is 0.326. The first-order chi connectivity index (χ1) is 11.0. The largest absolute Gasteiger partial charge is 0.498 e. The Labute approximate surface area is 138 Å². The lowest BCUT2D eigenvalue weighted by Crippen LogP contribution is -2.41. The molecule has 1 fully saturated rings. The Balaban J connectivity index is 1.87. The molecule has 128 valence electrons. The van der Waals surface area contributed by atoms with E-state index >= 15 is 0 Å². The van der Waals surface area contributed by atoms with Gasteiger partial charge in [0.1, 0.15) is 0 Å². The van der Waals surface area contributed by atoms with Crippen LogP contribution in [0.3, 0.4) is 0 Å². The van der Waals surface area contributed by atoms with Gasteiger partial charge in [0.25, 0.3) is 0 Å². The topological polar surface area (TPSA) is 36.3 Å². The molecule has 4 nitrogen and oxygen atoms in total. The molecule has 0 atom stereocenters. The number of hydrogen-bond donors (Lipinski definition) is 0. The first kappa shape index (κ1) is 17.0. The summed E-state index contributed by atoms with van der Waals surface area (Å²) < 4.78 is 51.7. The maximum absolute atomic E-state index is 12.8. The summed E-state index contributed by atoms with van der Waals surface area (Å²) in [6, 6.07) is 5.01. The second-order valence-electron chi connectivity index (χ2n) is 6.85. The quantitative estimate of drug-likeness (QED) is 0.789. The Bertz CT molecular complexity index is 740. The van der Waals surface area contributed by atoms with E-state index in [1.165, 1.54) is 10.7 Å². The standard InChI is InChI=1S/C16H18BF3N2O2/c1-14(2)15(3,4)24-17(23-14)12-9-21-22(10-12)13-7-5-6-11(8-13)16(18,19)20/h5-10H,1-4H3. The van der Waals surface area contributed by atoms with Crippen molar-refractivity contribution in [3.8, 4) is 5.69 Å². The van der Waals surface area contributed by atoms with Crippen molar-refractivity contribution in [1.29, 1.82) is 0 Å². The maximum Gasteiger partial charge on any atom is 0.498 e. The van der Waals surface area contributed by atoms with Crippen LogP contribution in [0.1, 0.15) is 33.3 Å². The van der Waals surface area contributed by atoms with E-state index in [2.05, 4.69) is 5.10 Å². The van der Waals surface area contributed by atoms with Crippen molar-refractivity contribution in [2.24, 2.45) is 0 Å². The number of aromatic nitrogens is 2. The Morgan fingerprint density at radius 3 is 2.29 bits per heavy atom. The van der Waals surface area contributed by atoms with Gasteiger partial charge in [0, 0.05) is 17.9 Å². The molecule has 2 heterocycles. The van der Waals surface area contributed by atoms with Gasteiger partial charge in [0.2, 0.25) is 0 Å². The Kier molecular flexibility index (Phi) is 3.80. The van der Waals surface area contributed by atoms with Crippen molar-refractivity contribution in [3.05, 3.63) is 42.2 Å². The smallest absolute Gasteiger partial charge is 0.399 e. The highest BCUT2D eigenvalue weighted by atomic mass is 19.4. The number of hydrogen-bond acceptors (Lipinski definition) is 3. The summed E-state index contributed by atoms with van der Waals surface area (Å²) in [5.41, 5.74) is -0.710. The van der Waals surface area contributed by atoms with Gasteiger partial charge >= 0.3 is 13.3 Å². The molecule has 1 saturated heterocycles. The van der Waals surface area contributed by atoms with E-state index < -0.39 is 30.1 Å². The fraction of sp³-hybridized carbons (Fsp3) is 0.438. The molecule has 3 rings (SSSR count). The van der Waals surface area contributed by atoms with Crippen LogP contribution in [0.15, 0.2) is 36.7 Å². The highest BCUT2D eigenvalue weighted by Gasteiger charge is 2.52. The zero-order chi connectivity index (χ0) is 17.8. The molecule has 0 radical (unpaired) electrons. The normalized spacial score (nSPS) is 19.7. The molecule has 1 aromatic carbocycles. The van der Waals surface area contributed by atoms with Gasteiger partial charge in [-0.1, -0.05) is 6.07 Å². The summed E-state index contributed by atoms with van der Waals surface area (Å²) in [4.78, 5) is 0. The van der Waals surface area contributed by atoms with Crippen LogP contribution in [0.4, 0.5) is 13.2 Å². The molecule has 1 aliphatic rings. The summed E-state index contributed by atoms with van der Waals surface area (Å²) in [6.07, 6.45) is -1.22. The van der Waals surface area contributed by atoms with Gasteiger partial charge in [-0.3, -0.25) is 0 Å². The summed E-state index contributed by atoms with van der Waals surface area (Å²) in [5.74, 6) is 0. The second kappa shape index (κ2) is 5.36. The molecule has 0 saturated carbocycles. The highest BCUT2D eigenvalue weighted by molar-refractivity contribution is 6.62. The summed E-state index contributed by atoms with van der Waals surface area (Å²) >= 11 is 0. The van der Waals surface area contributed by atoms with Crippen LogP contribution >= 0.6 is 0 Å². The molecule has 8 heteroatoms. The molecule has 1 aromatic heterocycles. The minimum atomic E-state index is -4.39. The third kappa shape index (κ3) is 2.96. The molecule has 1 aliphatic heterocycles. The number of alkyl halides is 3. The number of benzene rings is 1. The third-order valence-corrected chi connectivity index (χ3v) is 4.57. The van der Waals surface area contributed by atoms with Crippen LogP contribution in [0.25, 0.3) is 5.69 Å². The Morgan fingerprint density at radius 1 is 1.08 bits per heavy atom. The molecule has 24 heavy (non-hydrogen) atoms. The zero-order valence-corrected chi connectivity index (χ0v) is 13.9. The van der Waals surface area contributed by atoms with E-state index in [9.17, 15) is 13.2 Å². The number of rotatable bonds is 2. The van der Waals surface area contributed by atoms with Crippen molar-refractivity contribution < 1.29 is 22.5 Å². The van der Waals surface area contributed by atoms with Crippen molar-refractivity contribution >= 4 is 12.6 Å². The predicted molar refractivity (Wildman–Crippen MR) is 84.3 cm³/mol. The van der Waals surface area contributed by atoms with Gasteiger partial charge in [-0.05, 0) is 45.9 Å². The molecule has 0 spiro atoms. The molecular weight excluding hydrogens is 320 g/mol. The van der Waals surface area contributed by atoms with Gasteiger partial charge in [-0.15, -0.1) is 0 Å².